The van der Waals surface area contributed by atoms with Crippen LogP contribution >= 0.6 is 0 Å². The number of fused-ring (bicyclic) bond motifs is 2. The van der Waals surface area contributed by atoms with Crippen LogP contribution < -0.4 is 5.19 Å². The highest BCUT2D eigenvalue weighted by Crippen LogP contribution is 2.22. The smallest absolute Gasteiger partial charge is 0.364 e. The van der Waals surface area contributed by atoms with Crippen molar-refractivity contribution in [2.24, 2.45) is 0 Å². The topological polar surface area (TPSA) is 40.5 Å². The van der Waals surface area contributed by atoms with Crippen LogP contribution in [-0.4, -0.2) is 18.2 Å². The molecular weight excluding hydrogens is 240 g/mol. The minimum Gasteiger partial charge on any atom is -0.408 e. The van der Waals surface area contributed by atoms with Crippen LogP contribution in [-0.2, 0) is 0 Å². The molecule has 2 N–H and O–H groups in total. The Hall–Kier alpha value is -1.68. The number of hydrogen-bond donors (Lipinski definition) is 2. The van der Waals surface area contributed by atoms with Crippen LogP contribution in [0.25, 0.3) is 21.5 Å². The van der Waals surface area contributed by atoms with E-state index in [0.29, 0.717) is 5.19 Å². The van der Waals surface area contributed by atoms with Crippen molar-refractivity contribution >= 4 is 35.3 Å². The summed E-state index contributed by atoms with van der Waals surface area (Å²) >= 11 is 0. The van der Waals surface area contributed by atoms with Crippen molar-refractivity contribution in [3.63, 3.8) is 0 Å². The summed E-state index contributed by atoms with van der Waals surface area (Å²) in [4.78, 5) is 19.9. The monoisotopic (exact) mass is 254 g/mol. The van der Waals surface area contributed by atoms with Gasteiger partial charge in [-0.15, -0.1) is 0 Å². The summed E-state index contributed by atoms with van der Waals surface area (Å²) in [7, 11) is -3.29. The first-order valence-electron chi connectivity index (χ1n) is 5.92. The molecule has 0 radical (unpaired) electrons. The maximum atomic E-state index is 9.95. The maximum Gasteiger partial charge on any atom is 0.364 e. The summed E-state index contributed by atoms with van der Waals surface area (Å²) < 4.78 is 0. The molecule has 0 fully saturated rings. The molecule has 0 heterocycles. The summed E-state index contributed by atoms with van der Waals surface area (Å²) in [6.07, 6.45) is 0. The average molecular weight is 254 g/mol. The molecule has 0 spiro atoms. The fourth-order valence-electron chi connectivity index (χ4n) is 2.38. The predicted octanol–water partition coefficient (Wildman–Crippen LogP) is 2.26. The number of rotatable bonds is 1. The van der Waals surface area contributed by atoms with E-state index in [9.17, 15) is 9.59 Å². The molecule has 3 heteroatoms. The van der Waals surface area contributed by atoms with Crippen molar-refractivity contribution in [1.29, 1.82) is 0 Å². The second-order valence-corrected chi connectivity index (χ2v) is 7.33. The molecule has 0 aliphatic heterocycles. The Balaban J connectivity index is 2.44. The van der Waals surface area contributed by atoms with Crippen molar-refractivity contribution in [1.82, 2.24) is 0 Å². The molecule has 3 aromatic rings. The Bertz CT molecular complexity index is 729. The van der Waals surface area contributed by atoms with Gasteiger partial charge in [-0.25, -0.2) is 0 Å². The number of hydrogen-bond acceptors (Lipinski definition) is 2. The Morgan fingerprint density at radius 1 is 0.778 bits per heavy atom. The van der Waals surface area contributed by atoms with Gasteiger partial charge in [0.25, 0.3) is 0 Å². The van der Waals surface area contributed by atoms with Crippen molar-refractivity contribution < 1.29 is 9.59 Å². The Kier molecular flexibility index (Phi) is 2.48. The third kappa shape index (κ3) is 1.82. The molecule has 0 aromatic heterocycles. The van der Waals surface area contributed by atoms with Gasteiger partial charge in [0.2, 0.25) is 0 Å². The van der Waals surface area contributed by atoms with Gasteiger partial charge >= 0.3 is 8.56 Å². The molecule has 0 unspecified atom stereocenters. The van der Waals surface area contributed by atoms with Crippen LogP contribution in [0.3, 0.4) is 0 Å². The molecule has 0 aliphatic rings. The van der Waals surface area contributed by atoms with E-state index in [2.05, 4.69) is 12.1 Å². The summed E-state index contributed by atoms with van der Waals surface area (Å²) in [5.41, 5.74) is 0. The van der Waals surface area contributed by atoms with E-state index in [0.717, 1.165) is 16.2 Å². The Morgan fingerprint density at radius 2 is 1.39 bits per heavy atom. The van der Waals surface area contributed by atoms with Crippen LogP contribution in [0.15, 0.2) is 54.6 Å². The van der Waals surface area contributed by atoms with Gasteiger partial charge in [-0.3, -0.25) is 0 Å². The van der Waals surface area contributed by atoms with E-state index >= 15 is 0 Å². The molecule has 3 rings (SSSR count). The second kappa shape index (κ2) is 3.92. The predicted molar refractivity (Wildman–Crippen MR) is 77.1 cm³/mol. The Morgan fingerprint density at radius 3 is 2.06 bits per heavy atom. The number of benzene rings is 3. The molecule has 0 atom stereocenters. The highest BCUT2D eigenvalue weighted by atomic mass is 28.4. The molecule has 0 amide bonds. The molecule has 0 aliphatic carbocycles. The van der Waals surface area contributed by atoms with Crippen molar-refractivity contribution in [3.8, 4) is 0 Å². The lowest BCUT2D eigenvalue weighted by Crippen LogP contribution is -2.45. The molecular formula is C15H14O2Si. The van der Waals surface area contributed by atoms with Gasteiger partial charge in [-0.1, -0.05) is 42.5 Å². The lowest BCUT2D eigenvalue weighted by Gasteiger charge is -2.15. The van der Waals surface area contributed by atoms with E-state index in [1.165, 1.54) is 11.9 Å². The molecule has 90 valence electrons. The van der Waals surface area contributed by atoms with Crippen LogP contribution in [0.1, 0.15) is 0 Å². The quantitative estimate of drug-likeness (QED) is 0.516. The average Bonchev–Trinajstić information content (AvgIpc) is 2.34. The van der Waals surface area contributed by atoms with Gasteiger partial charge in [0, 0.05) is 5.19 Å². The van der Waals surface area contributed by atoms with Crippen LogP contribution in [0.2, 0.25) is 6.55 Å². The fourth-order valence-corrected chi connectivity index (χ4v) is 3.52. The van der Waals surface area contributed by atoms with Crippen molar-refractivity contribution in [3.05, 3.63) is 54.6 Å². The van der Waals surface area contributed by atoms with Crippen molar-refractivity contribution in [2.75, 3.05) is 0 Å². The van der Waals surface area contributed by atoms with Gasteiger partial charge in [-0.2, -0.15) is 0 Å². The first-order chi connectivity index (χ1) is 8.55. The van der Waals surface area contributed by atoms with Gasteiger partial charge in [0.15, 0.2) is 0 Å². The SMILES string of the molecule is C[Si](O)(O)c1cccc2cc3ccccc3cc12. The molecule has 0 saturated heterocycles. The summed E-state index contributed by atoms with van der Waals surface area (Å²) in [5, 5.41) is 4.95. The van der Waals surface area contributed by atoms with E-state index in [1.54, 1.807) is 0 Å². The van der Waals surface area contributed by atoms with Crippen LogP contribution in [0, 0.1) is 0 Å². The minimum atomic E-state index is -3.29. The van der Waals surface area contributed by atoms with Gasteiger partial charge in [0.05, 0.1) is 0 Å². The van der Waals surface area contributed by atoms with E-state index in [4.69, 9.17) is 0 Å². The maximum absolute atomic E-state index is 9.95. The van der Waals surface area contributed by atoms with E-state index < -0.39 is 8.56 Å². The molecule has 0 bridgehead atoms. The lowest BCUT2D eigenvalue weighted by atomic mass is 10.0. The lowest BCUT2D eigenvalue weighted by molar-refractivity contribution is 0.392. The molecule has 2 nitrogen and oxygen atoms in total. The van der Waals surface area contributed by atoms with Gasteiger partial charge < -0.3 is 9.59 Å². The van der Waals surface area contributed by atoms with Crippen molar-refractivity contribution in [2.45, 2.75) is 6.55 Å². The summed E-state index contributed by atoms with van der Waals surface area (Å²) in [5.74, 6) is 0. The third-order valence-corrected chi connectivity index (χ3v) is 4.71. The standard InChI is InChI=1S/C15H14O2Si/c1-18(16,17)15-8-4-7-13-9-11-5-2-3-6-12(11)10-14(13)15/h2-10,16-17H,1H3. The zero-order valence-electron chi connectivity index (χ0n) is 10.1. The Labute approximate surface area is 106 Å². The highest BCUT2D eigenvalue weighted by Gasteiger charge is 2.26. The zero-order valence-corrected chi connectivity index (χ0v) is 11.1. The first kappa shape index (κ1) is 11.4. The highest BCUT2D eigenvalue weighted by molar-refractivity contribution is 6.79. The third-order valence-electron chi connectivity index (χ3n) is 3.26. The second-order valence-electron chi connectivity index (χ2n) is 4.75. The van der Waals surface area contributed by atoms with Gasteiger partial charge in [-0.05, 0) is 40.2 Å². The van der Waals surface area contributed by atoms with E-state index in [1.807, 2.05) is 42.5 Å². The minimum absolute atomic E-state index is 0.672. The molecule has 0 saturated carbocycles. The summed E-state index contributed by atoms with van der Waals surface area (Å²) in [6.45, 7) is 1.52. The van der Waals surface area contributed by atoms with Crippen LogP contribution in [0.4, 0.5) is 0 Å². The largest absolute Gasteiger partial charge is 0.408 e. The van der Waals surface area contributed by atoms with Crippen LogP contribution in [0.5, 0.6) is 0 Å². The molecule has 3 aromatic carbocycles. The fraction of sp³-hybridized carbons (Fsp3) is 0.0667. The van der Waals surface area contributed by atoms with Gasteiger partial charge in [0.1, 0.15) is 0 Å². The first-order valence-corrected chi connectivity index (χ1v) is 8.32. The normalized spacial score (nSPS) is 12.2. The molecule has 18 heavy (non-hydrogen) atoms. The summed E-state index contributed by atoms with van der Waals surface area (Å²) in [6, 6.07) is 17.9. The zero-order chi connectivity index (χ0) is 12.8. The van der Waals surface area contributed by atoms with E-state index in [-0.39, 0.29) is 0 Å².